The Kier molecular flexibility index (Phi) is 9.27. The lowest BCUT2D eigenvalue weighted by atomic mass is 10.1. The summed E-state index contributed by atoms with van der Waals surface area (Å²) in [6, 6.07) is 14.2. The summed E-state index contributed by atoms with van der Waals surface area (Å²) in [7, 11) is 0. The number of aromatic amines is 1. The Morgan fingerprint density at radius 2 is 1.97 bits per heavy atom. The van der Waals surface area contributed by atoms with Crippen LogP contribution >= 0.6 is 0 Å². The number of nitrogens with two attached hydrogens (primary N) is 1. The van der Waals surface area contributed by atoms with Crippen LogP contribution in [0.1, 0.15) is 45.4 Å². The van der Waals surface area contributed by atoms with Gasteiger partial charge in [-0.25, -0.2) is 14.8 Å². The number of aromatic nitrogens is 2. The van der Waals surface area contributed by atoms with Gasteiger partial charge in [-0.1, -0.05) is 36.4 Å². The molecule has 36 heavy (non-hydrogen) atoms. The highest BCUT2D eigenvalue weighted by Crippen LogP contribution is 2.28. The average Bonchev–Trinajstić information content (AvgIpc) is 3.26. The van der Waals surface area contributed by atoms with Gasteiger partial charge in [0.1, 0.15) is 17.1 Å². The molecule has 190 valence electrons. The largest absolute Gasteiger partial charge is 0.444 e. The van der Waals surface area contributed by atoms with E-state index in [0.29, 0.717) is 18.8 Å². The van der Waals surface area contributed by atoms with Crippen LogP contribution in [0.15, 0.2) is 72.0 Å². The number of alkyl carbamates (subject to hydrolysis) is 1. The number of rotatable bonds is 10. The van der Waals surface area contributed by atoms with E-state index < -0.39 is 11.7 Å². The van der Waals surface area contributed by atoms with Crippen molar-refractivity contribution in [3.8, 4) is 0 Å². The Bertz CT molecular complexity index is 1240. The number of ether oxygens (including phenoxy) is 1. The van der Waals surface area contributed by atoms with E-state index in [1.807, 2.05) is 70.3 Å². The SMILES string of the molecule is C/C=C(\CCNC(=O)OC(C)(C)C)c1cc2c(N=C(N)/C=C\NCCc3ccccc3)ccnc2[nH]1. The number of amidine groups is 1. The molecule has 0 saturated carbocycles. The summed E-state index contributed by atoms with van der Waals surface area (Å²) >= 11 is 0. The van der Waals surface area contributed by atoms with Crippen LogP contribution < -0.4 is 16.4 Å². The Hall–Kier alpha value is -4.07. The van der Waals surface area contributed by atoms with Crippen molar-refractivity contribution >= 4 is 34.2 Å². The number of carbonyl (C=O) groups is 1. The third-order valence-electron chi connectivity index (χ3n) is 5.29. The number of allylic oxidation sites excluding steroid dienone is 1. The minimum atomic E-state index is -0.525. The molecule has 2 heterocycles. The third kappa shape index (κ3) is 8.30. The molecule has 5 N–H and O–H groups in total. The number of carbonyl (C=O) groups excluding carboxylic acids is 1. The van der Waals surface area contributed by atoms with Crippen molar-refractivity contribution in [1.29, 1.82) is 0 Å². The van der Waals surface area contributed by atoms with Gasteiger partial charge in [0.25, 0.3) is 0 Å². The molecule has 0 radical (unpaired) electrons. The summed E-state index contributed by atoms with van der Waals surface area (Å²) in [5, 5.41) is 6.92. The third-order valence-corrected chi connectivity index (χ3v) is 5.29. The van der Waals surface area contributed by atoms with E-state index in [0.717, 1.165) is 41.0 Å². The molecule has 8 nitrogen and oxygen atoms in total. The number of hydrogen-bond donors (Lipinski definition) is 4. The molecule has 3 rings (SSSR count). The number of amides is 1. The molecule has 2 aromatic heterocycles. The molecule has 1 aromatic carbocycles. The van der Waals surface area contributed by atoms with Gasteiger partial charge in [0, 0.05) is 36.6 Å². The number of benzene rings is 1. The molecule has 0 bridgehead atoms. The highest BCUT2D eigenvalue weighted by molar-refractivity contribution is 5.98. The van der Waals surface area contributed by atoms with Crippen LogP contribution in [0.3, 0.4) is 0 Å². The zero-order chi connectivity index (χ0) is 26.0. The van der Waals surface area contributed by atoms with Crippen LogP contribution in [0.25, 0.3) is 16.6 Å². The highest BCUT2D eigenvalue weighted by atomic mass is 16.6. The summed E-state index contributed by atoms with van der Waals surface area (Å²) in [4.78, 5) is 24.3. The van der Waals surface area contributed by atoms with Crippen molar-refractivity contribution in [2.75, 3.05) is 13.1 Å². The van der Waals surface area contributed by atoms with Gasteiger partial charge < -0.3 is 26.1 Å². The molecule has 0 unspecified atom stereocenters. The van der Waals surface area contributed by atoms with E-state index in [1.165, 1.54) is 5.56 Å². The van der Waals surface area contributed by atoms with Gasteiger partial charge >= 0.3 is 6.09 Å². The molecule has 0 aliphatic heterocycles. The van der Waals surface area contributed by atoms with Crippen LogP contribution in [-0.4, -0.2) is 40.6 Å². The first kappa shape index (κ1) is 26.5. The normalized spacial score (nSPS) is 12.8. The lowest BCUT2D eigenvalue weighted by Crippen LogP contribution is -2.33. The molecule has 3 aromatic rings. The van der Waals surface area contributed by atoms with Crippen LogP contribution in [0.2, 0.25) is 0 Å². The minimum absolute atomic E-state index is 0.394. The van der Waals surface area contributed by atoms with Gasteiger partial charge in [0.2, 0.25) is 0 Å². The van der Waals surface area contributed by atoms with E-state index in [2.05, 4.69) is 37.7 Å². The quantitative estimate of drug-likeness (QED) is 0.177. The van der Waals surface area contributed by atoms with E-state index in [4.69, 9.17) is 10.5 Å². The van der Waals surface area contributed by atoms with Crippen molar-refractivity contribution in [2.45, 2.75) is 46.1 Å². The molecule has 1 amide bonds. The van der Waals surface area contributed by atoms with Crippen molar-refractivity contribution in [3.05, 3.63) is 78.3 Å². The number of nitrogens with one attached hydrogen (secondary N) is 3. The summed E-state index contributed by atoms with van der Waals surface area (Å²) in [5.41, 5.74) is 10.3. The van der Waals surface area contributed by atoms with E-state index in [9.17, 15) is 4.79 Å². The maximum absolute atomic E-state index is 11.9. The Morgan fingerprint density at radius 1 is 1.19 bits per heavy atom. The monoisotopic (exact) mass is 488 g/mol. The van der Waals surface area contributed by atoms with Crippen molar-refractivity contribution < 1.29 is 9.53 Å². The molecule has 0 spiro atoms. The number of H-pyrrole nitrogens is 1. The minimum Gasteiger partial charge on any atom is -0.444 e. The summed E-state index contributed by atoms with van der Waals surface area (Å²) in [5.74, 6) is 0.394. The van der Waals surface area contributed by atoms with Crippen LogP contribution in [0, 0.1) is 0 Å². The molecule has 0 aliphatic carbocycles. The van der Waals surface area contributed by atoms with Crippen molar-refractivity contribution in [1.82, 2.24) is 20.6 Å². The average molecular weight is 489 g/mol. The van der Waals surface area contributed by atoms with Gasteiger partial charge in [-0.05, 0) is 69.9 Å². The first-order valence-electron chi connectivity index (χ1n) is 12.1. The smallest absolute Gasteiger partial charge is 0.407 e. The van der Waals surface area contributed by atoms with Crippen molar-refractivity contribution in [2.24, 2.45) is 10.7 Å². The lowest BCUT2D eigenvalue weighted by Gasteiger charge is -2.19. The van der Waals surface area contributed by atoms with Gasteiger partial charge in [0.15, 0.2) is 0 Å². The van der Waals surface area contributed by atoms with E-state index >= 15 is 0 Å². The molecule has 0 fully saturated rings. The van der Waals surface area contributed by atoms with Gasteiger partial charge in [0.05, 0.1) is 5.69 Å². The Balaban J connectivity index is 1.61. The molecule has 0 aliphatic rings. The zero-order valence-electron chi connectivity index (χ0n) is 21.5. The predicted octanol–water partition coefficient (Wildman–Crippen LogP) is 5.22. The van der Waals surface area contributed by atoms with Gasteiger partial charge in [-0.2, -0.15) is 0 Å². The van der Waals surface area contributed by atoms with Gasteiger partial charge in [-0.3, -0.25) is 0 Å². The molecule has 0 atom stereocenters. The number of fused-ring (bicyclic) bond motifs is 1. The Labute approximate surface area is 212 Å². The maximum Gasteiger partial charge on any atom is 0.407 e. The second-order valence-corrected chi connectivity index (χ2v) is 9.33. The van der Waals surface area contributed by atoms with E-state index in [1.54, 1.807) is 12.3 Å². The van der Waals surface area contributed by atoms with Crippen LogP contribution in [0.5, 0.6) is 0 Å². The van der Waals surface area contributed by atoms with Crippen molar-refractivity contribution in [3.63, 3.8) is 0 Å². The molecule has 0 saturated heterocycles. The highest BCUT2D eigenvalue weighted by Gasteiger charge is 2.16. The maximum atomic E-state index is 11.9. The molecule has 8 heteroatoms. The number of aliphatic imine (C=N–C) groups is 1. The Morgan fingerprint density at radius 3 is 2.69 bits per heavy atom. The van der Waals surface area contributed by atoms with Crippen LogP contribution in [0.4, 0.5) is 10.5 Å². The van der Waals surface area contributed by atoms with Gasteiger partial charge in [-0.15, -0.1) is 0 Å². The summed E-state index contributed by atoms with van der Waals surface area (Å²) < 4.78 is 5.30. The standard InChI is InChI=1S/C28H36N6O2/c1-5-21(12-17-32-27(35)36-28(2,3)4)24-19-22-23(13-18-31-26(22)34-24)33-25(29)14-16-30-15-11-20-9-7-6-8-10-20/h5-10,13-14,16,18-19,30H,11-12,15,17H2,1-4H3,(H,32,35)(H3,29,31,33,34)/b16-14-,21-5+. The number of nitrogens with zero attached hydrogens (tertiary/aromatic N) is 2. The second kappa shape index (κ2) is 12.6. The van der Waals surface area contributed by atoms with E-state index in [-0.39, 0.29) is 0 Å². The predicted molar refractivity (Wildman–Crippen MR) is 147 cm³/mol. The summed E-state index contributed by atoms with van der Waals surface area (Å²) in [6.07, 6.45) is 8.44. The lowest BCUT2D eigenvalue weighted by molar-refractivity contribution is 0.0529. The number of hydrogen-bond acceptors (Lipinski definition) is 5. The van der Waals surface area contributed by atoms with Crippen LogP contribution in [-0.2, 0) is 11.2 Å². The number of pyridine rings is 1. The topological polar surface area (TPSA) is 117 Å². The fourth-order valence-electron chi connectivity index (χ4n) is 3.60. The molecular formula is C28H36N6O2. The fourth-order valence-corrected chi connectivity index (χ4v) is 3.60. The molecular weight excluding hydrogens is 452 g/mol. The summed E-state index contributed by atoms with van der Waals surface area (Å²) in [6.45, 7) is 8.75. The fraction of sp³-hybridized carbons (Fsp3) is 0.321. The first-order valence-corrected chi connectivity index (χ1v) is 12.1. The second-order valence-electron chi connectivity index (χ2n) is 9.33. The first-order chi connectivity index (χ1) is 17.2. The zero-order valence-corrected chi connectivity index (χ0v) is 21.5.